The van der Waals surface area contributed by atoms with E-state index in [0.29, 0.717) is 68.7 Å². The van der Waals surface area contributed by atoms with E-state index in [1.807, 2.05) is 32.9 Å². The third kappa shape index (κ3) is 9.22. The lowest BCUT2D eigenvalue weighted by atomic mass is 9.88. The van der Waals surface area contributed by atoms with Crippen molar-refractivity contribution in [3.63, 3.8) is 0 Å². The molecule has 5 atom stereocenters. The molecule has 0 spiro atoms. The number of aromatic nitrogens is 3. The molecule has 68 heavy (non-hydrogen) atoms. The second kappa shape index (κ2) is 18.5. The van der Waals surface area contributed by atoms with Crippen molar-refractivity contribution in [3.05, 3.63) is 78.1 Å². The molecule has 20 heteroatoms. The summed E-state index contributed by atoms with van der Waals surface area (Å²) >= 11 is 0. The highest BCUT2D eigenvalue weighted by atomic mass is 32.2. The van der Waals surface area contributed by atoms with Crippen molar-refractivity contribution in [2.45, 2.75) is 89.3 Å². The Morgan fingerprint density at radius 1 is 0.956 bits per heavy atom. The van der Waals surface area contributed by atoms with E-state index >= 15 is 4.39 Å². The predicted octanol–water partition coefficient (Wildman–Crippen LogP) is 4.89. The van der Waals surface area contributed by atoms with E-state index in [1.54, 1.807) is 41.6 Å². The highest BCUT2D eigenvalue weighted by Crippen LogP contribution is 2.44. The highest BCUT2D eigenvalue weighted by molar-refractivity contribution is 7.90. The van der Waals surface area contributed by atoms with Gasteiger partial charge in [-0.05, 0) is 91.9 Å². The molecule has 0 saturated carbocycles. The smallest absolute Gasteiger partial charge is 0.262 e. The van der Waals surface area contributed by atoms with Gasteiger partial charge in [0, 0.05) is 85.7 Å². The number of alkyl halides is 1. The van der Waals surface area contributed by atoms with Gasteiger partial charge in [-0.2, -0.15) is 4.98 Å². The Hall–Kier alpha value is -6.54. The lowest BCUT2D eigenvalue weighted by Crippen LogP contribution is -2.57. The van der Waals surface area contributed by atoms with Crippen LogP contribution in [0.2, 0.25) is 0 Å². The maximum absolute atomic E-state index is 15.9. The number of benzene rings is 2. The third-order valence-electron chi connectivity index (χ3n) is 13.8. The molecule has 9 rings (SSSR count). The predicted molar refractivity (Wildman–Crippen MR) is 255 cm³/mol. The quantitative estimate of drug-likeness (QED) is 0.120. The molecule has 5 aliphatic heterocycles. The number of ether oxygens (including phenoxy) is 1. The van der Waals surface area contributed by atoms with Crippen LogP contribution in [0.15, 0.2) is 61.4 Å². The van der Waals surface area contributed by atoms with E-state index in [9.17, 15) is 32.4 Å². The van der Waals surface area contributed by atoms with Crippen LogP contribution in [0.25, 0.3) is 10.8 Å². The number of carbonyl (C=O) groups excluding carboxylic acids is 5. The number of sulfone groups is 1. The minimum atomic E-state index is -3.17. The summed E-state index contributed by atoms with van der Waals surface area (Å²) in [5.41, 5.74) is 3.57. The maximum Gasteiger partial charge on any atom is 0.262 e. The van der Waals surface area contributed by atoms with Crippen LogP contribution in [0.3, 0.4) is 0 Å². The second-order valence-electron chi connectivity index (χ2n) is 18.7. The summed E-state index contributed by atoms with van der Waals surface area (Å²) in [4.78, 5) is 84.4. The van der Waals surface area contributed by atoms with Gasteiger partial charge in [-0.3, -0.25) is 34.2 Å². The zero-order valence-corrected chi connectivity index (χ0v) is 39.2. The van der Waals surface area contributed by atoms with Crippen molar-refractivity contribution in [2.24, 2.45) is 5.92 Å². The monoisotopic (exact) mass is 950 g/mol. The van der Waals surface area contributed by atoms with Gasteiger partial charge >= 0.3 is 0 Å². The number of hydrogen-bond donors (Lipinski definition) is 3. The number of anilines is 6. The summed E-state index contributed by atoms with van der Waals surface area (Å²) in [6.45, 7) is 12.0. The molecular weight excluding hydrogens is 896 g/mol. The molecule has 1 unspecified atom stereocenters. The number of imide groups is 2. The molecule has 0 aliphatic carbocycles. The van der Waals surface area contributed by atoms with E-state index in [2.05, 4.69) is 37.3 Å². The van der Waals surface area contributed by atoms with Crippen LogP contribution in [-0.4, -0.2) is 133 Å². The van der Waals surface area contributed by atoms with Crippen LogP contribution in [0.1, 0.15) is 85.1 Å². The first-order valence-electron chi connectivity index (χ1n) is 23.1. The van der Waals surface area contributed by atoms with Crippen LogP contribution >= 0.6 is 0 Å². The van der Waals surface area contributed by atoms with Gasteiger partial charge in [0.2, 0.25) is 23.7 Å². The molecule has 2 aromatic carbocycles. The summed E-state index contributed by atoms with van der Waals surface area (Å²) in [7, 11) is -3.17. The lowest BCUT2D eigenvalue weighted by molar-refractivity contribution is -0.136. The van der Waals surface area contributed by atoms with E-state index in [0.717, 1.165) is 32.6 Å². The van der Waals surface area contributed by atoms with Crippen LogP contribution in [0.4, 0.5) is 39.0 Å². The van der Waals surface area contributed by atoms with Crippen molar-refractivity contribution in [1.82, 2.24) is 25.2 Å². The average Bonchev–Trinajstić information content (AvgIpc) is 3.55. The molecule has 0 bridgehead atoms. The van der Waals surface area contributed by atoms with Gasteiger partial charge in [0.25, 0.3) is 11.8 Å². The zero-order valence-electron chi connectivity index (χ0n) is 38.4. The van der Waals surface area contributed by atoms with Gasteiger partial charge in [-0.1, -0.05) is 20.4 Å². The fourth-order valence-electron chi connectivity index (χ4n) is 10.2. The number of halogens is 1. The van der Waals surface area contributed by atoms with E-state index in [-0.39, 0.29) is 66.2 Å². The van der Waals surface area contributed by atoms with Crippen LogP contribution < -0.4 is 30.7 Å². The average molecular weight is 951 g/mol. The number of amides is 5. The maximum atomic E-state index is 15.9. The van der Waals surface area contributed by atoms with Gasteiger partial charge in [0.15, 0.2) is 0 Å². The summed E-state index contributed by atoms with van der Waals surface area (Å²) in [6.07, 6.45) is 5.59. The number of rotatable bonds is 13. The van der Waals surface area contributed by atoms with Crippen LogP contribution in [0, 0.1) is 5.92 Å². The van der Waals surface area contributed by atoms with E-state index in [1.165, 1.54) is 12.3 Å². The first kappa shape index (κ1) is 46.6. The third-order valence-corrected chi connectivity index (χ3v) is 14.8. The number of hydrogen-bond acceptors (Lipinski definition) is 15. The molecule has 358 valence electrons. The normalized spacial score (nSPS) is 23.5. The van der Waals surface area contributed by atoms with E-state index in [4.69, 9.17) is 14.7 Å². The summed E-state index contributed by atoms with van der Waals surface area (Å²) in [5, 5.41) is 10.2. The van der Waals surface area contributed by atoms with Crippen molar-refractivity contribution in [1.29, 1.82) is 0 Å². The number of fused-ring (bicyclic) bond motifs is 2. The fraction of sp³-hybridized carbons (Fsp3) is 0.458. The Balaban J connectivity index is 0.830. The SMILES string of the molecule is C=CC(=O)Nc1cc(N2C[C@H](CS(C)(=O)=O)[C@H]2C)c2cnc(Nc3ccnc(N4CC[C@@H](OC5CCN(c6ccc7c(c6)C(=O)N(C6CCC(=O)NC6=O)C7=O)CC5)[C@@H](F)C4)n3)cc2c1C(C)C. The van der Waals surface area contributed by atoms with Gasteiger partial charge in [0.05, 0.1) is 35.6 Å². The molecule has 18 nitrogen and oxygen atoms in total. The van der Waals surface area contributed by atoms with Gasteiger partial charge < -0.3 is 30.1 Å². The van der Waals surface area contributed by atoms with Crippen molar-refractivity contribution < 1.29 is 41.5 Å². The Bertz CT molecular complexity index is 2840. The van der Waals surface area contributed by atoms with Crippen LogP contribution in [-0.2, 0) is 29.0 Å². The van der Waals surface area contributed by atoms with Gasteiger partial charge in [-0.15, -0.1) is 0 Å². The molecule has 4 fully saturated rings. The molecular formula is C48H55FN10O8S. The summed E-state index contributed by atoms with van der Waals surface area (Å²) < 4.78 is 46.6. The number of pyridine rings is 1. The van der Waals surface area contributed by atoms with Crippen molar-refractivity contribution in [3.8, 4) is 0 Å². The molecule has 4 aromatic rings. The minimum Gasteiger partial charge on any atom is -0.372 e. The Kier molecular flexibility index (Phi) is 12.7. The highest BCUT2D eigenvalue weighted by Gasteiger charge is 2.45. The van der Waals surface area contributed by atoms with Gasteiger partial charge in [0.1, 0.15) is 33.7 Å². The summed E-state index contributed by atoms with van der Waals surface area (Å²) in [6, 6.07) is 9.53. The minimum absolute atomic E-state index is 0.00625. The van der Waals surface area contributed by atoms with Gasteiger partial charge in [-0.25, -0.2) is 22.8 Å². The van der Waals surface area contributed by atoms with Crippen molar-refractivity contribution in [2.75, 3.05) is 70.1 Å². The van der Waals surface area contributed by atoms with Crippen LogP contribution in [0.5, 0.6) is 0 Å². The molecule has 4 saturated heterocycles. The number of nitrogens with zero attached hydrogens (tertiary/aromatic N) is 7. The number of carbonyl (C=O) groups is 5. The first-order valence-corrected chi connectivity index (χ1v) is 25.1. The second-order valence-corrected chi connectivity index (χ2v) is 20.9. The molecule has 0 radical (unpaired) electrons. The lowest BCUT2D eigenvalue weighted by Gasteiger charge is -2.48. The molecule has 3 N–H and O–H groups in total. The molecule has 7 heterocycles. The first-order chi connectivity index (χ1) is 32.5. The Labute approximate surface area is 393 Å². The summed E-state index contributed by atoms with van der Waals surface area (Å²) in [5.74, 6) is -1.19. The van der Waals surface area contributed by atoms with E-state index < -0.39 is 51.8 Å². The Morgan fingerprint density at radius 3 is 2.40 bits per heavy atom. The van der Waals surface area contributed by atoms with Crippen molar-refractivity contribution >= 4 is 84.8 Å². The zero-order chi connectivity index (χ0) is 48.2. The molecule has 2 aromatic heterocycles. The Morgan fingerprint density at radius 2 is 1.71 bits per heavy atom. The largest absolute Gasteiger partial charge is 0.372 e. The standard InChI is InChI=1S/C48H55FN10O8S/c1-6-42(60)52-36-21-38(58-23-28(27(58)4)25-68(5,65)66)34-22-51-41(20-32(34)44(36)26(2)3)53-40-11-15-50-48(54-40)57-18-14-39(35(49)24-57)67-30-12-16-56(17-13-30)29-7-8-31-33(19-29)47(64)59(46(31)63)37-9-10-43(61)55-45(37)62/h6-8,11,15,19-22,26-28,30,35,37,39H,1,9-10,12-14,16-18,23-25H2,2-5H3,(H,52,60)(H,55,61,62)(H,50,51,53,54)/t27-,28-,35+,37?,39-/m1/s1. The number of nitrogens with one attached hydrogen (secondary N) is 3. The molecule has 5 aliphatic rings. The topological polar surface area (TPSA) is 216 Å². The molecule has 5 amide bonds. The fourth-order valence-corrected chi connectivity index (χ4v) is 11.4. The number of piperidine rings is 3.